The summed E-state index contributed by atoms with van der Waals surface area (Å²) in [7, 11) is 0. The number of hydrogen-bond acceptors (Lipinski definition) is 4. The van der Waals surface area contributed by atoms with Crippen molar-refractivity contribution in [1.29, 1.82) is 0 Å². The zero-order valence-electron chi connectivity index (χ0n) is 14.3. The second-order valence-corrected chi connectivity index (χ2v) is 7.66. The topological polar surface area (TPSA) is 55.2 Å². The number of hydrogen-bond donors (Lipinski definition) is 0. The van der Waals surface area contributed by atoms with E-state index in [1.807, 2.05) is 25.1 Å². The van der Waals surface area contributed by atoms with Crippen LogP contribution < -0.4 is 5.56 Å². The number of halogens is 1. The standard InChI is InChI=1S/C19H18ClN3O2S/c1-3-10-22(11-14-8-9-17(20)26-14)18(24)12-23-19(25)16-7-5-4-6-15(16)13(2)21-23/h3-9H,1,10-12H2,2H3. The lowest BCUT2D eigenvalue weighted by molar-refractivity contribution is -0.132. The van der Waals surface area contributed by atoms with Crippen molar-refractivity contribution in [2.45, 2.75) is 20.0 Å². The van der Waals surface area contributed by atoms with Gasteiger partial charge in [0.1, 0.15) is 6.54 Å². The summed E-state index contributed by atoms with van der Waals surface area (Å²) >= 11 is 7.39. The number of amides is 1. The van der Waals surface area contributed by atoms with Gasteiger partial charge in [0.25, 0.3) is 5.56 Å². The molecule has 2 aromatic heterocycles. The van der Waals surface area contributed by atoms with Crippen LogP contribution in [0.2, 0.25) is 4.34 Å². The van der Waals surface area contributed by atoms with Crippen molar-refractivity contribution in [3.05, 3.63) is 74.3 Å². The lowest BCUT2D eigenvalue weighted by Crippen LogP contribution is -2.37. The molecule has 26 heavy (non-hydrogen) atoms. The van der Waals surface area contributed by atoms with Crippen LogP contribution in [0.3, 0.4) is 0 Å². The van der Waals surface area contributed by atoms with E-state index in [1.165, 1.54) is 16.0 Å². The minimum atomic E-state index is -0.266. The molecule has 0 spiro atoms. The van der Waals surface area contributed by atoms with Crippen LogP contribution in [-0.2, 0) is 17.9 Å². The Morgan fingerprint density at radius 3 is 2.69 bits per heavy atom. The molecule has 2 heterocycles. The van der Waals surface area contributed by atoms with E-state index in [9.17, 15) is 9.59 Å². The van der Waals surface area contributed by atoms with Crippen molar-refractivity contribution in [2.24, 2.45) is 0 Å². The summed E-state index contributed by atoms with van der Waals surface area (Å²) in [5.41, 5.74) is 0.450. The van der Waals surface area contributed by atoms with Crippen LogP contribution >= 0.6 is 22.9 Å². The Hall–Kier alpha value is -2.44. The smallest absolute Gasteiger partial charge is 0.275 e. The first-order valence-electron chi connectivity index (χ1n) is 8.09. The van der Waals surface area contributed by atoms with E-state index < -0.39 is 0 Å². The molecule has 0 saturated heterocycles. The summed E-state index contributed by atoms with van der Waals surface area (Å²) in [6, 6.07) is 11.0. The zero-order chi connectivity index (χ0) is 18.7. The monoisotopic (exact) mass is 387 g/mol. The third kappa shape index (κ3) is 3.86. The van der Waals surface area contributed by atoms with Crippen molar-refractivity contribution < 1.29 is 4.79 Å². The Morgan fingerprint density at radius 2 is 2.04 bits per heavy atom. The second-order valence-electron chi connectivity index (χ2n) is 5.86. The molecule has 0 N–H and O–H groups in total. The lowest BCUT2D eigenvalue weighted by Gasteiger charge is -2.21. The first-order chi connectivity index (χ1) is 12.5. The molecule has 7 heteroatoms. The largest absolute Gasteiger partial charge is 0.332 e. The Morgan fingerprint density at radius 1 is 1.31 bits per heavy atom. The molecular weight excluding hydrogens is 370 g/mol. The molecule has 0 fully saturated rings. The normalized spacial score (nSPS) is 10.8. The van der Waals surface area contributed by atoms with Gasteiger partial charge in [-0.2, -0.15) is 5.10 Å². The fourth-order valence-corrected chi connectivity index (χ4v) is 3.88. The Balaban J connectivity index is 1.87. The molecule has 134 valence electrons. The van der Waals surface area contributed by atoms with E-state index in [1.54, 1.807) is 29.2 Å². The van der Waals surface area contributed by atoms with Crippen molar-refractivity contribution >= 4 is 39.6 Å². The molecule has 0 bridgehead atoms. The number of fused-ring (bicyclic) bond motifs is 1. The molecule has 1 aromatic carbocycles. The van der Waals surface area contributed by atoms with Gasteiger partial charge in [-0.15, -0.1) is 17.9 Å². The van der Waals surface area contributed by atoms with Gasteiger partial charge in [0.05, 0.1) is 22.0 Å². The molecule has 1 amide bonds. The number of carbonyl (C=O) groups excluding carboxylic acids is 1. The fraction of sp³-hybridized carbons (Fsp3) is 0.211. The molecule has 5 nitrogen and oxygen atoms in total. The van der Waals surface area contributed by atoms with Gasteiger partial charge >= 0.3 is 0 Å². The summed E-state index contributed by atoms with van der Waals surface area (Å²) in [6.45, 7) is 6.23. The number of rotatable bonds is 6. The van der Waals surface area contributed by atoms with Gasteiger partial charge in [0, 0.05) is 16.8 Å². The number of nitrogens with zero attached hydrogens (tertiary/aromatic N) is 3. The van der Waals surface area contributed by atoms with Gasteiger partial charge in [0.15, 0.2) is 0 Å². The molecule has 0 atom stereocenters. The summed E-state index contributed by atoms with van der Waals surface area (Å²) in [5.74, 6) is -0.196. The third-order valence-corrected chi connectivity index (χ3v) is 5.23. The first kappa shape index (κ1) is 18.4. The van der Waals surface area contributed by atoms with Gasteiger partial charge in [-0.05, 0) is 25.1 Å². The third-order valence-electron chi connectivity index (χ3n) is 4.02. The van der Waals surface area contributed by atoms with E-state index in [-0.39, 0.29) is 18.0 Å². The van der Waals surface area contributed by atoms with E-state index in [4.69, 9.17) is 11.6 Å². The predicted octanol–water partition coefficient (Wildman–Crippen LogP) is 3.63. The van der Waals surface area contributed by atoms with Crippen LogP contribution in [0.15, 0.2) is 53.8 Å². The zero-order valence-corrected chi connectivity index (χ0v) is 15.9. The van der Waals surface area contributed by atoms with Crippen LogP contribution in [-0.4, -0.2) is 27.1 Å². The predicted molar refractivity (Wildman–Crippen MR) is 106 cm³/mol. The van der Waals surface area contributed by atoms with Crippen LogP contribution in [0.5, 0.6) is 0 Å². The van der Waals surface area contributed by atoms with E-state index in [0.29, 0.717) is 28.5 Å². The number of aromatic nitrogens is 2. The number of thiophene rings is 1. The molecule has 0 unspecified atom stereocenters. The van der Waals surface area contributed by atoms with Crippen molar-refractivity contribution in [1.82, 2.24) is 14.7 Å². The van der Waals surface area contributed by atoms with Crippen molar-refractivity contribution in [2.75, 3.05) is 6.54 Å². The number of benzene rings is 1. The summed E-state index contributed by atoms with van der Waals surface area (Å²) in [4.78, 5) is 28.0. The maximum Gasteiger partial charge on any atom is 0.275 e. The second kappa shape index (κ2) is 7.85. The quantitative estimate of drug-likeness (QED) is 0.607. The average molecular weight is 388 g/mol. The van der Waals surface area contributed by atoms with Gasteiger partial charge in [-0.1, -0.05) is 35.9 Å². The molecule has 3 rings (SSSR count). The Kier molecular flexibility index (Phi) is 5.54. The molecule has 0 aliphatic heterocycles. The van der Waals surface area contributed by atoms with E-state index >= 15 is 0 Å². The summed E-state index contributed by atoms with van der Waals surface area (Å²) in [5, 5.41) is 5.67. The fourth-order valence-electron chi connectivity index (χ4n) is 2.77. The van der Waals surface area contributed by atoms with Crippen molar-refractivity contribution in [3.8, 4) is 0 Å². The first-order valence-corrected chi connectivity index (χ1v) is 9.28. The van der Waals surface area contributed by atoms with E-state index in [0.717, 1.165) is 10.3 Å². The average Bonchev–Trinajstić information content (AvgIpc) is 3.04. The molecule has 0 saturated carbocycles. The maximum atomic E-state index is 12.8. The number of carbonyl (C=O) groups is 1. The minimum Gasteiger partial charge on any atom is -0.332 e. The molecule has 0 aliphatic carbocycles. The Labute approximate surface area is 160 Å². The highest BCUT2D eigenvalue weighted by Crippen LogP contribution is 2.22. The highest BCUT2D eigenvalue weighted by atomic mass is 35.5. The summed E-state index contributed by atoms with van der Waals surface area (Å²) < 4.78 is 1.91. The van der Waals surface area contributed by atoms with Crippen LogP contribution in [0, 0.1) is 6.92 Å². The summed E-state index contributed by atoms with van der Waals surface area (Å²) in [6.07, 6.45) is 1.66. The maximum absolute atomic E-state index is 12.8. The van der Waals surface area contributed by atoms with Gasteiger partial charge in [-0.3, -0.25) is 9.59 Å². The lowest BCUT2D eigenvalue weighted by atomic mass is 10.1. The molecule has 3 aromatic rings. The number of aryl methyl sites for hydroxylation is 1. The Bertz CT molecular complexity index is 1030. The van der Waals surface area contributed by atoms with Gasteiger partial charge in [-0.25, -0.2) is 4.68 Å². The van der Waals surface area contributed by atoms with Crippen LogP contribution in [0.4, 0.5) is 0 Å². The molecule has 0 radical (unpaired) electrons. The SMILES string of the molecule is C=CCN(Cc1ccc(Cl)s1)C(=O)Cn1nc(C)c2ccccc2c1=O. The van der Waals surface area contributed by atoms with Gasteiger partial charge in [0.2, 0.25) is 5.91 Å². The van der Waals surface area contributed by atoms with Gasteiger partial charge < -0.3 is 4.90 Å². The highest BCUT2D eigenvalue weighted by Gasteiger charge is 2.17. The van der Waals surface area contributed by atoms with Crippen molar-refractivity contribution in [3.63, 3.8) is 0 Å². The minimum absolute atomic E-state index is 0.114. The highest BCUT2D eigenvalue weighted by molar-refractivity contribution is 7.16. The molecular formula is C19H18ClN3O2S. The van der Waals surface area contributed by atoms with E-state index in [2.05, 4.69) is 11.7 Å². The van der Waals surface area contributed by atoms with Crippen LogP contribution in [0.1, 0.15) is 10.6 Å². The molecule has 0 aliphatic rings. The van der Waals surface area contributed by atoms with Crippen LogP contribution in [0.25, 0.3) is 10.8 Å².